The number of benzene rings is 4. The third-order valence-corrected chi connectivity index (χ3v) is 20.5. The van der Waals surface area contributed by atoms with Crippen LogP contribution in [0.2, 0.25) is 0 Å². The van der Waals surface area contributed by atoms with E-state index >= 15 is 4.79 Å². The van der Waals surface area contributed by atoms with Crippen molar-refractivity contribution >= 4 is 112 Å². The smallest absolute Gasteiger partial charge is 0.305 e. The van der Waals surface area contributed by atoms with Gasteiger partial charge in [-0.2, -0.15) is 0 Å². The molecule has 15 atom stereocenters. The van der Waals surface area contributed by atoms with Crippen molar-refractivity contribution in [2.45, 2.75) is 184 Å². The minimum atomic E-state index is -2.09. The fourth-order valence-electron chi connectivity index (χ4n) is 12.6. The number of nitrogens with two attached hydrogens (primary N) is 1. The van der Waals surface area contributed by atoms with Gasteiger partial charge in [-0.05, 0) is 80.7 Å². The molecule has 15 amide bonds. The second kappa shape index (κ2) is 44.7. The van der Waals surface area contributed by atoms with Gasteiger partial charge in [0, 0.05) is 52.1 Å². The predicted molar refractivity (Wildman–Crippen MR) is 418 cm³/mol. The number of fused-ring (bicyclic) bond motifs is 1. The van der Waals surface area contributed by atoms with Crippen molar-refractivity contribution < 1.29 is 107 Å². The number of primary amides is 1. The number of aliphatic hydroxyl groups excluding tert-OH is 3. The first-order valence-electron chi connectivity index (χ1n) is 37.5. The highest BCUT2D eigenvalue weighted by atomic mass is 32.2. The van der Waals surface area contributed by atoms with Crippen LogP contribution in [0.1, 0.15) is 90.3 Å². The maximum Gasteiger partial charge on any atom is 0.305 e. The number of amides is 15. The van der Waals surface area contributed by atoms with E-state index in [4.69, 9.17) is 5.73 Å². The van der Waals surface area contributed by atoms with Crippen LogP contribution in [0, 0.1) is 5.92 Å². The first-order chi connectivity index (χ1) is 54.9. The average molecular weight is 1630 g/mol. The second-order valence-electron chi connectivity index (χ2n) is 28.7. The molecule has 2 aliphatic rings. The van der Waals surface area contributed by atoms with Gasteiger partial charge in [-0.3, -0.25) is 81.5 Å². The molecule has 37 nitrogen and oxygen atoms in total. The van der Waals surface area contributed by atoms with Crippen LogP contribution in [0.25, 0.3) is 11.1 Å². The molecule has 6 rings (SSSR count). The molecule has 38 heteroatoms. The number of carboxylic acids is 2. The lowest BCUT2D eigenvalue weighted by Gasteiger charge is -2.33. The topological polar surface area (TPSA) is 559 Å². The number of rotatable bonds is 19. The largest absolute Gasteiger partial charge is 0.481 e. The second-order valence-corrected chi connectivity index (χ2v) is 29.7. The van der Waals surface area contributed by atoms with E-state index in [0.29, 0.717) is 16.7 Å². The quantitative estimate of drug-likeness (QED) is 0.0426. The number of carbonyl (C=O) groups is 17. The van der Waals surface area contributed by atoms with E-state index in [-0.39, 0.29) is 38.6 Å². The van der Waals surface area contributed by atoms with Gasteiger partial charge in [0.1, 0.15) is 78.5 Å². The number of aliphatic carboxylic acids is 2. The van der Waals surface area contributed by atoms with E-state index in [1.807, 2.05) is 30.3 Å². The number of carbonyl (C=O) groups excluding carboxylic acids is 15. The number of nitrogens with zero attached hydrogens (tertiary/aromatic N) is 3. The van der Waals surface area contributed by atoms with Crippen LogP contribution in [0.3, 0.4) is 0 Å². The molecule has 0 saturated carbocycles. The van der Waals surface area contributed by atoms with Crippen molar-refractivity contribution in [1.82, 2.24) is 73.2 Å². The number of thioether (sulfide) groups is 1. The molecule has 0 bridgehead atoms. The first kappa shape index (κ1) is 93.0. The van der Waals surface area contributed by atoms with E-state index < -0.39 is 241 Å². The molecule has 0 aliphatic carbocycles. The van der Waals surface area contributed by atoms with Gasteiger partial charge in [0.05, 0.1) is 37.5 Å². The predicted octanol–water partition coefficient (Wildman–Crippen LogP) is -3.99. The Bertz CT molecular complexity index is 4160. The van der Waals surface area contributed by atoms with Crippen molar-refractivity contribution in [3.63, 3.8) is 0 Å². The van der Waals surface area contributed by atoms with Crippen molar-refractivity contribution in [3.8, 4) is 11.1 Å². The van der Waals surface area contributed by atoms with Gasteiger partial charge in [0.25, 0.3) is 0 Å². The summed E-state index contributed by atoms with van der Waals surface area (Å²) in [6, 6.07) is 10.2. The van der Waals surface area contributed by atoms with Gasteiger partial charge >= 0.3 is 11.9 Å². The van der Waals surface area contributed by atoms with Gasteiger partial charge in [-0.15, -0.1) is 11.8 Å². The maximum absolute atomic E-state index is 15.0. The fraction of sp³-hybridized carbons (Fsp3) is 0.474. The lowest BCUT2D eigenvalue weighted by Crippen LogP contribution is -2.64. The number of hydrogen-bond acceptors (Lipinski definition) is 21. The summed E-state index contributed by atoms with van der Waals surface area (Å²) < 4.78 is 0. The lowest BCUT2D eigenvalue weighted by atomic mass is 9.99. The third kappa shape index (κ3) is 27.7. The highest BCUT2D eigenvalue weighted by molar-refractivity contribution is 8.00. The van der Waals surface area contributed by atoms with E-state index in [2.05, 4.69) is 58.5 Å². The van der Waals surface area contributed by atoms with Crippen LogP contribution in [0.4, 0.5) is 0 Å². The molecule has 0 spiro atoms. The van der Waals surface area contributed by atoms with Gasteiger partial charge in [0.15, 0.2) is 0 Å². The average Bonchev–Trinajstić information content (AvgIpc) is 1.54. The van der Waals surface area contributed by atoms with Gasteiger partial charge in [-0.1, -0.05) is 129 Å². The van der Waals surface area contributed by atoms with Crippen molar-refractivity contribution in [2.24, 2.45) is 11.7 Å². The minimum Gasteiger partial charge on any atom is -0.481 e. The number of likely N-dealkylation sites (N-methyl/N-ethyl adjacent to an activating group) is 2. The Morgan fingerprint density at radius 2 is 0.922 bits per heavy atom. The van der Waals surface area contributed by atoms with E-state index in [1.54, 1.807) is 84.9 Å². The molecule has 0 radical (unpaired) electrons. The van der Waals surface area contributed by atoms with E-state index in [9.17, 15) is 102 Å². The SMILES string of the molecule is CC(C)[C@@H]1NC(=O)[C@H](Cc2ccccc2)NC(=O)CSC[C@@H](C(=O)NCC(N)=O)NC(=O)[C@@H]2CCCN2C(=O)[C@H](CO)NC(=O)[C@H](CCC(=O)O)NC(=O)[C@H](C)N(C)C(=O)[C@H](Cc2ccc(-c3ccccc3)cc2)NC(=O)[C@H](C)N(C)C(=O)[C@H](Cc2ccccc2)NC(=O)[C@H]([C@@H](C)O)NC(=O)[C@H]([C@@H](C)O)NC(=O)[C@H](CC(=O)O)NC1=O. The number of carboxylic acid groups (broad SMARTS) is 2. The molecule has 116 heavy (non-hydrogen) atoms. The highest BCUT2D eigenvalue weighted by Crippen LogP contribution is 2.23. The molecule has 2 heterocycles. The van der Waals surface area contributed by atoms with Crippen molar-refractivity contribution in [3.05, 3.63) is 132 Å². The molecular weight excluding hydrogens is 1530 g/mol. The molecule has 0 aromatic heterocycles. The first-order valence-corrected chi connectivity index (χ1v) is 38.7. The van der Waals surface area contributed by atoms with Gasteiger partial charge in [-0.25, -0.2) is 0 Å². The number of hydrogen-bond donors (Lipinski definition) is 17. The van der Waals surface area contributed by atoms with Crippen LogP contribution < -0.4 is 64.2 Å². The summed E-state index contributed by atoms with van der Waals surface area (Å²) in [5.74, 6) is -20.9. The number of aliphatic hydroxyl groups is 3. The zero-order valence-corrected chi connectivity index (χ0v) is 66.2. The zero-order valence-electron chi connectivity index (χ0n) is 65.4. The Kier molecular flexibility index (Phi) is 35.8. The Morgan fingerprint density at radius 3 is 1.42 bits per heavy atom. The highest BCUT2D eigenvalue weighted by Gasteiger charge is 2.43. The van der Waals surface area contributed by atoms with E-state index in [0.717, 1.165) is 51.4 Å². The maximum atomic E-state index is 15.0. The Balaban J connectivity index is 1.40. The summed E-state index contributed by atoms with van der Waals surface area (Å²) in [5, 5.41) is 79.4. The zero-order chi connectivity index (χ0) is 85.8. The summed E-state index contributed by atoms with van der Waals surface area (Å²) in [7, 11) is 2.40. The minimum absolute atomic E-state index is 0.0486. The van der Waals surface area contributed by atoms with Crippen LogP contribution in [0.15, 0.2) is 115 Å². The van der Waals surface area contributed by atoms with Gasteiger partial charge in [0.2, 0.25) is 88.6 Å². The summed E-state index contributed by atoms with van der Waals surface area (Å²) in [6.07, 6.45) is -6.91. The van der Waals surface area contributed by atoms with E-state index in [1.165, 1.54) is 41.8 Å². The summed E-state index contributed by atoms with van der Waals surface area (Å²) >= 11 is 0.745. The van der Waals surface area contributed by atoms with Crippen LogP contribution >= 0.6 is 11.8 Å². The van der Waals surface area contributed by atoms with Crippen LogP contribution in [-0.2, 0) is 101 Å². The van der Waals surface area contributed by atoms with Crippen LogP contribution in [-0.4, -0.2) is 277 Å². The number of nitrogens with one attached hydrogen (secondary N) is 11. The molecule has 18 N–H and O–H groups in total. The Hall–Kier alpha value is -11.9. The van der Waals surface area contributed by atoms with Gasteiger partial charge < -0.3 is 104 Å². The summed E-state index contributed by atoms with van der Waals surface area (Å²) in [6.45, 7) is 5.60. The molecule has 628 valence electrons. The Morgan fingerprint density at radius 1 is 0.491 bits per heavy atom. The fourth-order valence-corrected chi connectivity index (χ4v) is 13.4. The third-order valence-electron chi connectivity index (χ3n) is 19.5. The van der Waals surface area contributed by atoms with Crippen molar-refractivity contribution in [1.29, 1.82) is 0 Å². The van der Waals surface area contributed by atoms with Crippen LogP contribution in [0.5, 0.6) is 0 Å². The summed E-state index contributed by atoms with van der Waals surface area (Å²) in [5.41, 5.74) is 8.36. The molecular formula is C78H103N15O22S. The molecule has 4 aromatic carbocycles. The normalized spacial score (nSPS) is 25.1. The summed E-state index contributed by atoms with van der Waals surface area (Å²) in [4.78, 5) is 241. The van der Waals surface area contributed by atoms with Crippen molar-refractivity contribution in [2.75, 3.05) is 45.3 Å². The monoisotopic (exact) mass is 1630 g/mol. The molecule has 2 saturated heterocycles. The molecule has 0 unspecified atom stereocenters. The molecule has 4 aromatic rings. The molecule has 2 fully saturated rings. The Labute approximate surface area is 673 Å². The lowest BCUT2D eigenvalue weighted by molar-refractivity contribution is -0.145. The molecule has 2 aliphatic heterocycles. The standard InChI is InChI=1S/C78H103N15O22S/c1-41(2)63-73(110)83-53(36-62(101)102)71(108)89-65(45(6)96)75(112)90-64(44(5)95)74(111)85-55(34-47-21-14-10-15-22-47)77(114)92(8)43(4)67(104)84-54(35-48-26-28-50(29-27-48)49-23-16-11-17-24-49)76(113)91(7)42(3)66(103)82-51(30-31-61(99)100)69(106)86-56(38-94)78(115)93-32-18-25-58(93)72(109)87-57(68(105)80-37-59(79)97)39-116-40-60(98)81-52(70(107)88-63)33-46-19-12-9-13-20-46/h9-17,19-24,26-29,41-45,51-58,63-65,94-96H,18,25,30-40H2,1-8H3,(H2,79,97)(H,80,105)(H,81,98)(H,82,103)(H,83,110)(H,84,104)(H,85,111)(H,86,106)(H,87,109)(H,88,107)(H,89,108)(H,90,112)(H,99,100)(H,101,102)/t42-,43-,44+,45+,51-,52-,53-,54-,55-,56-,57-,58-,63-,64-,65-/m0/s1.